The van der Waals surface area contributed by atoms with Gasteiger partial charge in [-0.25, -0.2) is 9.98 Å². The summed E-state index contributed by atoms with van der Waals surface area (Å²) < 4.78 is 0. The second-order valence-corrected chi connectivity index (χ2v) is 6.29. The number of rotatable bonds is 8. The van der Waals surface area contributed by atoms with E-state index in [-0.39, 0.29) is 30.8 Å². The third-order valence-electron chi connectivity index (χ3n) is 4.20. The lowest BCUT2D eigenvalue weighted by Gasteiger charge is -2.30. The van der Waals surface area contributed by atoms with Crippen molar-refractivity contribution in [1.82, 2.24) is 15.2 Å². The molecule has 26 heavy (non-hydrogen) atoms. The summed E-state index contributed by atoms with van der Waals surface area (Å²) in [5.41, 5.74) is 11.4. The van der Waals surface area contributed by atoms with Crippen molar-refractivity contribution in [3.8, 4) is 0 Å². The van der Waals surface area contributed by atoms with Crippen LogP contribution < -0.4 is 22.1 Å². The van der Waals surface area contributed by atoms with Crippen LogP contribution in [0.5, 0.6) is 0 Å². The number of nitrogens with zero attached hydrogens (tertiary/aromatic N) is 3. The van der Waals surface area contributed by atoms with Gasteiger partial charge in [0, 0.05) is 25.7 Å². The Balaban J connectivity index is 1.86. The van der Waals surface area contributed by atoms with Crippen molar-refractivity contribution in [2.24, 2.45) is 16.5 Å². The zero-order valence-electron chi connectivity index (χ0n) is 15.0. The first-order chi connectivity index (χ1) is 12.5. The van der Waals surface area contributed by atoms with Gasteiger partial charge in [-0.3, -0.25) is 14.9 Å². The molecule has 0 saturated heterocycles. The molecule has 0 radical (unpaired) electrons. The molecule has 6 N–H and O–H groups in total. The van der Waals surface area contributed by atoms with Gasteiger partial charge in [-0.05, 0) is 31.5 Å². The van der Waals surface area contributed by atoms with Crippen LogP contribution in [0.3, 0.4) is 0 Å². The van der Waals surface area contributed by atoms with E-state index in [1.165, 1.54) is 4.90 Å². The number of unbranched alkanes of at least 4 members (excludes halogenated alkanes) is 1. The van der Waals surface area contributed by atoms with Gasteiger partial charge in [-0.15, -0.1) is 0 Å². The molecule has 0 aromatic carbocycles. The number of hydrogen-bond acceptors (Lipinski definition) is 7. The Morgan fingerprint density at radius 3 is 2.92 bits per heavy atom. The van der Waals surface area contributed by atoms with Gasteiger partial charge < -0.3 is 21.7 Å². The number of aliphatic imine (C=N–C) groups is 1. The summed E-state index contributed by atoms with van der Waals surface area (Å²) in [6.07, 6.45) is 4.37. The number of nitrogens with one attached hydrogen (secondary N) is 2. The van der Waals surface area contributed by atoms with Gasteiger partial charge in [0.05, 0.1) is 6.54 Å². The molecular weight excluding hydrogens is 334 g/mol. The van der Waals surface area contributed by atoms with Crippen molar-refractivity contribution in [2.75, 3.05) is 25.5 Å². The van der Waals surface area contributed by atoms with Crippen LogP contribution in [-0.2, 0) is 9.59 Å². The molecule has 1 aliphatic rings. The minimum atomic E-state index is -0.645. The van der Waals surface area contributed by atoms with E-state index < -0.39 is 6.04 Å². The fourth-order valence-corrected chi connectivity index (χ4v) is 2.62. The van der Waals surface area contributed by atoms with Crippen molar-refractivity contribution < 1.29 is 9.59 Å². The van der Waals surface area contributed by atoms with Crippen molar-refractivity contribution in [3.05, 3.63) is 24.4 Å². The SMILES string of the molecule is CN(C(=O)C[C@@H](N)CCCCN)C1CN=C(Nc2ccccn2)NC1=O. The number of guanidine groups is 1. The van der Waals surface area contributed by atoms with Crippen LogP contribution in [0.1, 0.15) is 25.7 Å². The number of pyridine rings is 1. The molecule has 9 heteroatoms. The lowest BCUT2D eigenvalue weighted by atomic mass is 10.1. The third kappa shape index (κ3) is 5.78. The highest BCUT2D eigenvalue weighted by Crippen LogP contribution is 2.09. The summed E-state index contributed by atoms with van der Waals surface area (Å²) in [7, 11) is 1.60. The number of nitrogens with two attached hydrogens (primary N) is 2. The maximum absolute atomic E-state index is 12.4. The fraction of sp³-hybridized carbons (Fsp3) is 0.529. The van der Waals surface area contributed by atoms with Gasteiger partial charge >= 0.3 is 0 Å². The predicted octanol–water partition coefficient (Wildman–Crippen LogP) is -0.347. The van der Waals surface area contributed by atoms with Crippen LogP contribution in [0.25, 0.3) is 0 Å². The van der Waals surface area contributed by atoms with Gasteiger partial charge in [0.1, 0.15) is 11.9 Å². The molecule has 1 aliphatic heterocycles. The predicted molar refractivity (Wildman–Crippen MR) is 100 cm³/mol. The number of amides is 2. The molecule has 0 saturated carbocycles. The second-order valence-electron chi connectivity index (χ2n) is 6.29. The van der Waals surface area contributed by atoms with E-state index in [1.54, 1.807) is 25.4 Å². The molecule has 1 aromatic heterocycles. The Hall–Kier alpha value is -2.52. The average molecular weight is 361 g/mol. The fourth-order valence-electron chi connectivity index (χ4n) is 2.62. The van der Waals surface area contributed by atoms with Crippen molar-refractivity contribution in [1.29, 1.82) is 0 Å². The summed E-state index contributed by atoms with van der Waals surface area (Å²) in [5.74, 6) is 0.454. The highest BCUT2D eigenvalue weighted by molar-refractivity contribution is 6.07. The smallest absolute Gasteiger partial charge is 0.251 e. The molecule has 1 aromatic rings. The van der Waals surface area contributed by atoms with Crippen LogP contribution in [0.15, 0.2) is 29.4 Å². The number of carbonyl (C=O) groups is 2. The molecule has 142 valence electrons. The topological polar surface area (TPSA) is 139 Å². The maximum atomic E-state index is 12.4. The Kier molecular flexibility index (Phi) is 7.49. The molecular formula is C17H27N7O2. The largest absolute Gasteiger partial charge is 0.332 e. The minimum absolute atomic E-state index is 0.165. The van der Waals surface area contributed by atoms with E-state index in [2.05, 4.69) is 20.6 Å². The molecule has 2 rings (SSSR count). The van der Waals surface area contributed by atoms with Crippen molar-refractivity contribution >= 4 is 23.6 Å². The first-order valence-corrected chi connectivity index (χ1v) is 8.76. The number of anilines is 1. The Morgan fingerprint density at radius 1 is 1.46 bits per heavy atom. The second kappa shape index (κ2) is 9.83. The van der Waals surface area contributed by atoms with Crippen LogP contribution >= 0.6 is 0 Å². The molecule has 0 bridgehead atoms. The van der Waals surface area contributed by atoms with Crippen LogP contribution in [-0.4, -0.2) is 59.9 Å². The van der Waals surface area contributed by atoms with Crippen LogP contribution in [0, 0.1) is 0 Å². The summed E-state index contributed by atoms with van der Waals surface area (Å²) in [4.78, 5) is 34.5. The Bertz CT molecular complexity index is 635. The summed E-state index contributed by atoms with van der Waals surface area (Å²) in [6, 6.07) is 4.51. The van der Waals surface area contributed by atoms with Gasteiger partial charge in [-0.1, -0.05) is 12.5 Å². The zero-order valence-corrected chi connectivity index (χ0v) is 15.0. The molecule has 1 unspecified atom stereocenters. The van der Waals surface area contributed by atoms with E-state index >= 15 is 0 Å². The third-order valence-corrected chi connectivity index (χ3v) is 4.20. The summed E-state index contributed by atoms with van der Waals surface area (Å²) in [6.45, 7) is 0.807. The molecule has 2 amide bonds. The first-order valence-electron chi connectivity index (χ1n) is 8.76. The number of carbonyl (C=O) groups excluding carboxylic acids is 2. The highest BCUT2D eigenvalue weighted by Gasteiger charge is 2.31. The standard InChI is InChI=1S/C17H27N7O2/c1-24(15(25)10-12(19)6-2-4-8-18)13-11-21-17(23-16(13)26)22-14-7-3-5-9-20-14/h3,5,7,9,12-13H,2,4,6,8,10-11,18-19H2,1H3,(H2,20,21,22,23,26)/t12-,13?/m0/s1. The molecule has 0 fully saturated rings. The van der Waals surface area contributed by atoms with Gasteiger partial charge in [0.2, 0.25) is 11.9 Å². The van der Waals surface area contributed by atoms with E-state index in [0.717, 1.165) is 19.3 Å². The highest BCUT2D eigenvalue weighted by atomic mass is 16.2. The lowest BCUT2D eigenvalue weighted by Crippen LogP contribution is -2.55. The van der Waals surface area contributed by atoms with E-state index in [4.69, 9.17) is 11.5 Å². The van der Waals surface area contributed by atoms with E-state index in [0.29, 0.717) is 18.3 Å². The Labute approximate surface area is 153 Å². The zero-order chi connectivity index (χ0) is 18.9. The first kappa shape index (κ1) is 19.8. The number of hydrogen-bond donors (Lipinski definition) is 4. The summed E-state index contributed by atoms with van der Waals surface area (Å²) in [5, 5.41) is 5.60. The van der Waals surface area contributed by atoms with Crippen molar-refractivity contribution in [3.63, 3.8) is 0 Å². The molecule has 0 spiro atoms. The molecule has 2 atom stereocenters. The Morgan fingerprint density at radius 2 is 2.27 bits per heavy atom. The summed E-state index contributed by atoms with van der Waals surface area (Å²) >= 11 is 0. The molecule has 9 nitrogen and oxygen atoms in total. The quantitative estimate of drug-likeness (QED) is 0.467. The molecule has 0 aliphatic carbocycles. The van der Waals surface area contributed by atoms with Gasteiger partial charge in [0.25, 0.3) is 5.91 Å². The van der Waals surface area contributed by atoms with E-state index in [9.17, 15) is 9.59 Å². The van der Waals surface area contributed by atoms with E-state index in [1.807, 2.05) is 6.07 Å². The number of likely N-dealkylation sites (N-methyl/N-ethyl adjacent to an activating group) is 1. The van der Waals surface area contributed by atoms with Gasteiger partial charge in [-0.2, -0.15) is 0 Å². The normalized spacial score (nSPS) is 17.9. The minimum Gasteiger partial charge on any atom is -0.332 e. The average Bonchev–Trinajstić information content (AvgIpc) is 2.62. The van der Waals surface area contributed by atoms with Gasteiger partial charge in [0.15, 0.2) is 0 Å². The monoisotopic (exact) mass is 361 g/mol. The van der Waals surface area contributed by atoms with Crippen molar-refractivity contribution in [2.45, 2.75) is 37.8 Å². The number of aromatic nitrogens is 1. The maximum Gasteiger partial charge on any atom is 0.251 e. The van der Waals surface area contributed by atoms with Crippen LogP contribution in [0.2, 0.25) is 0 Å². The lowest BCUT2D eigenvalue weighted by molar-refractivity contribution is -0.138. The molecule has 2 heterocycles. The van der Waals surface area contributed by atoms with Crippen LogP contribution in [0.4, 0.5) is 5.82 Å².